The molecular weight excluding hydrogens is 488 g/mol. The van der Waals surface area contributed by atoms with Gasteiger partial charge in [0.1, 0.15) is 18.5 Å². The third-order valence-corrected chi connectivity index (χ3v) is 7.39. The average Bonchev–Trinajstić information content (AvgIpc) is 3.41. The molecule has 0 radical (unpaired) electrons. The Morgan fingerprint density at radius 3 is 2.53 bits per heavy atom. The van der Waals surface area contributed by atoms with Gasteiger partial charge in [0.25, 0.3) is 11.8 Å². The number of aromatic nitrogens is 1. The normalized spacial score (nSPS) is 24.8. The van der Waals surface area contributed by atoms with Crippen LogP contribution in [0, 0.1) is 11.8 Å². The molecule has 4 rings (SSSR count). The summed E-state index contributed by atoms with van der Waals surface area (Å²) >= 11 is 0. The first-order chi connectivity index (χ1) is 18.4. The van der Waals surface area contributed by atoms with Crippen LogP contribution < -0.4 is 5.32 Å². The van der Waals surface area contributed by atoms with Crippen LogP contribution in [0.4, 0.5) is 0 Å². The molecule has 2 heterocycles. The number of ether oxygens (including phenoxy) is 3. The Morgan fingerprint density at radius 2 is 1.89 bits per heavy atom. The van der Waals surface area contributed by atoms with Gasteiger partial charge in [-0.2, -0.15) is 0 Å². The van der Waals surface area contributed by atoms with Gasteiger partial charge in [0, 0.05) is 77.0 Å². The fourth-order valence-electron chi connectivity index (χ4n) is 5.08. The molecule has 2 fully saturated rings. The van der Waals surface area contributed by atoms with E-state index in [1.807, 2.05) is 24.0 Å². The smallest absolute Gasteiger partial charge is 0.276 e. The van der Waals surface area contributed by atoms with Gasteiger partial charge >= 0.3 is 0 Å². The number of nitrogens with zero attached hydrogens (tertiary/aromatic N) is 3. The number of carbonyl (C=O) groups excluding carboxylic acids is 2. The van der Waals surface area contributed by atoms with Crippen LogP contribution >= 0.6 is 0 Å². The Hall–Kier alpha value is -2.79. The SMILES string of the molecule is C=C(C)N(C[C@@H]1CNC[C@H]1CN(C(=O)c1ccon1)C1CC1)C(=O)C1=CC(OCCCOC)C(OC)C=C1. The lowest BCUT2D eigenvalue weighted by Gasteiger charge is -2.32. The Kier molecular flexibility index (Phi) is 9.90. The van der Waals surface area contributed by atoms with Crippen LogP contribution in [-0.4, -0.2) is 98.6 Å². The molecule has 1 aliphatic heterocycles. The average molecular weight is 529 g/mol. The van der Waals surface area contributed by atoms with E-state index in [2.05, 4.69) is 17.1 Å². The topological polar surface area (TPSA) is 106 Å². The lowest BCUT2D eigenvalue weighted by Crippen LogP contribution is -2.43. The highest BCUT2D eigenvalue weighted by Gasteiger charge is 2.39. The minimum atomic E-state index is -0.358. The second-order valence-corrected chi connectivity index (χ2v) is 10.3. The highest BCUT2D eigenvalue weighted by atomic mass is 16.5. The lowest BCUT2D eigenvalue weighted by molar-refractivity contribution is -0.125. The van der Waals surface area contributed by atoms with Gasteiger partial charge in [-0.15, -0.1) is 0 Å². The number of hydrogen-bond acceptors (Lipinski definition) is 8. The van der Waals surface area contributed by atoms with Gasteiger partial charge in [-0.25, -0.2) is 0 Å². The van der Waals surface area contributed by atoms with Crippen molar-refractivity contribution in [3.63, 3.8) is 0 Å². The van der Waals surface area contributed by atoms with Crippen molar-refractivity contribution in [3.05, 3.63) is 54.1 Å². The molecule has 3 aliphatic rings. The van der Waals surface area contributed by atoms with Gasteiger partial charge in [0.05, 0.1) is 0 Å². The van der Waals surface area contributed by atoms with Gasteiger partial charge in [0.2, 0.25) is 0 Å². The van der Waals surface area contributed by atoms with Crippen molar-refractivity contribution < 1.29 is 28.3 Å². The van der Waals surface area contributed by atoms with Crippen molar-refractivity contribution in [1.82, 2.24) is 20.3 Å². The number of allylic oxidation sites excluding steroid dienone is 1. The van der Waals surface area contributed by atoms with Crippen LogP contribution in [0.15, 0.2) is 52.9 Å². The molecule has 2 unspecified atom stereocenters. The van der Waals surface area contributed by atoms with E-state index in [0.717, 1.165) is 32.4 Å². The zero-order chi connectivity index (χ0) is 27.1. The van der Waals surface area contributed by atoms with E-state index >= 15 is 0 Å². The first kappa shape index (κ1) is 28.2. The molecule has 10 nitrogen and oxygen atoms in total. The monoisotopic (exact) mass is 528 g/mol. The minimum absolute atomic E-state index is 0.0959. The van der Waals surface area contributed by atoms with E-state index in [4.69, 9.17) is 18.7 Å². The molecule has 1 saturated carbocycles. The third kappa shape index (κ3) is 6.99. The Morgan fingerprint density at radius 1 is 1.13 bits per heavy atom. The molecule has 1 N–H and O–H groups in total. The summed E-state index contributed by atoms with van der Waals surface area (Å²) in [5, 5.41) is 7.31. The highest BCUT2D eigenvalue weighted by Crippen LogP contribution is 2.31. The quantitative estimate of drug-likeness (QED) is 0.367. The van der Waals surface area contributed by atoms with E-state index in [1.54, 1.807) is 31.3 Å². The summed E-state index contributed by atoms with van der Waals surface area (Å²) in [6, 6.07) is 1.85. The van der Waals surface area contributed by atoms with E-state index in [1.165, 1.54) is 6.26 Å². The van der Waals surface area contributed by atoms with Crippen LogP contribution in [-0.2, 0) is 19.0 Å². The molecule has 0 spiro atoms. The third-order valence-electron chi connectivity index (χ3n) is 7.39. The molecule has 4 atom stereocenters. The molecule has 2 aliphatic carbocycles. The van der Waals surface area contributed by atoms with E-state index in [-0.39, 0.29) is 41.9 Å². The zero-order valence-corrected chi connectivity index (χ0v) is 22.6. The molecule has 10 heteroatoms. The van der Waals surface area contributed by atoms with Crippen molar-refractivity contribution in [2.24, 2.45) is 11.8 Å². The molecular formula is C28H40N4O6. The van der Waals surface area contributed by atoms with Crippen LogP contribution in [0.1, 0.15) is 36.7 Å². The van der Waals surface area contributed by atoms with Gasteiger partial charge in [-0.1, -0.05) is 23.9 Å². The highest BCUT2D eigenvalue weighted by molar-refractivity contribution is 5.97. The summed E-state index contributed by atoms with van der Waals surface area (Å²) in [6.45, 7) is 9.75. The van der Waals surface area contributed by atoms with Crippen LogP contribution in [0.25, 0.3) is 0 Å². The first-order valence-corrected chi connectivity index (χ1v) is 13.4. The number of rotatable bonds is 14. The fraction of sp³-hybridized carbons (Fsp3) is 0.607. The van der Waals surface area contributed by atoms with E-state index < -0.39 is 0 Å². The molecule has 1 saturated heterocycles. The molecule has 1 aromatic rings. The maximum absolute atomic E-state index is 13.7. The molecule has 38 heavy (non-hydrogen) atoms. The summed E-state index contributed by atoms with van der Waals surface area (Å²) in [5.41, 5.74) is 1.57. The number of methoxy groups -OCH3 is 2. The maximum Gasteiger partial charge on any atom is 0.276 e. The van der Waals surface area contributed by atoms with E-state index in [9.17, 15) is 9.59 Å². The summed E-state index contributed by atoms with van der Waals surface area (Å²) in [6.07, 6.45) is 9.09. The van der Waals surface area contributed by atoms with Crippen molar-refractivity contribution in [3.8, 4) is 0 Å². The number of hydrogen-bond donors (Lipinski definition) is 1. The number of nitrogens with one attached hydrogen (secondary N) is 1. The summed E-state index contributed by atoms with van der Waals surface area (Å²) in [7, 11) is 3.29. The maximum atomic E-state index is 13.7. The van der Waals surface area contributed by atoms with Gasteiger partial charge in [0.15, 0.2) is 5.69 Å². The first-order valence-electron chi connectivity index (χ1n) is 13.4. The lowest BCUT2D eigenvalue weighted by atomic mass is 9.93. The predicted octanol–water partition coefficient (Wildman–Crippen LogP) is 2.41. The fourth-order valence-corrected chi connectivity index (χ4v) is 5.08. The summed E-state index contributed by atoms with van der Waals surface area (Å²) < 4.78 is 21.5. The standard InChI is InChI=1S/C28H40N4O6/c1-19(2)31(27(33)20-6-9-25(36-4)26(14-20)37-12-5-11-35-3)17-21-15-29-16-22(21)18-32(23-7-8-23)28(34)24-10-13-38-30-24/h6,9-10,13-14,21-23,25-26,29H,1,5,7-8,11-12,15-18H2,2-4H3/t21-,22-,25?,26?/m0/s1. The molecule has 208 valence electrons. The predicted molar refractivity (Wildman–Crippen MR) is 141 cm³/mol. The van der Waals surface area contributed by atoms with Gasteiger partial charge < -0.3 is 33.9 Å². The van der Waals surface area contributed by atoms with Gasteiger partial charge in [-0.05, 0) is 44.1 Å². The molecule has 1 aromatic heterocycles. The van der Waals surface area contributed by atoms with Crippen molar-refractivity contribution in [2.75, 3.05) is 53.6 Å². The Bertz CT molecular complexity index is 1020. The van der Waals surface area contributed by atoms with Crippen molar-refractivity contribution in [2.45, 2.75) is 44.4 Å². The van der Waals surface area contributed by atoms with Crippen molar-refractivity contribution in [1.29, 1.82) is 0 Å². The molecule has 2 amide bonds. The van der Waals surface area contributed by atoms with Crippen LogP contribution in [0.3, 0.4) is 0 Å². The Labute approximate surface area is 224 Å². The summed E-state index contributed by atoms with van der Waals surface area (Å²) in [5.74, 6) is 0.161. The Balaban J connectivity index is 1.42. The second-order valence-electron chi connectivity index (χ2n) is 10.3. The second kappa shape index (κ2) is 13.3. The minimum Gasteiger partial charge on any atom is -0.385 e. The largest absolute Gasteiger partial charge is 0.385 e. The van der Waals surface area contributed by atoms with Crippen LogP contribution in [0.2, 0.25) is 0 Å². The van der Waals surface area contributed by atoms with Crippen LogP contribution in [0.5, 0.6) is 0 Å². The number of carbonyl (C=O) groups is 2. The molecule has 0 aromatic carbocycles. The van der Waals surface area contributed by atoms with Gasteiger partial charge in [-0.3, -0.25) is 9.59 Å². The van der Waals surface area contributed by atoms with Crippen molar-refractivity contribution >= 4 is 11.8 Å². The number of amides is 2. The molecule has 0 bridgehead atoms. The summed E-state index contributed by atoms with van der Waals surface area (Å²) in [4.78, 5) is 30.4. The van der Waals surface area contributed by atoms with E-state index in [0.29, 0.717) is 43.3 Å². The zero-order valence-electron chi connectivity index (χ0n) is 22.6.